The van der Waals surface area contributed by atoms with Gasteiger partial charge in [-0.2, -0.15) is 5.26 Å². The molecular formula is C15H17N5O2S. The molecule has 0 aliphatic carbocycles. The molecule has 0 radical (unpaired) electrons. The van der Waals surface area contributed by atoms with E-state index in [4.69, 9.17) is 5.26 Å². The molecule has 0 saturated carbocycles. The Morgan fingerprint density at radius 3 is 2.74 bits per heavy atom. The van der Waals surface area contributed by atoms with Gasteiger partial charge in [0, 0.05) is 44.7 Å². The maximum absolute atomic E-state index is 12.3. The van der Waals surface area contributed by atoms with E-state index in [2.05, 4.69) is 16.0 Å². The summed E-state index contributed by atoms with van der Waals surface area (Å²) in [5, 5.41) is 8.94. The molecule has 1 aromatic heterocycles. The fourth-order valence-corrected chi connectivity index (χ4v) is 3.50. The summed E-state index contributed by atoms with van der Waals surface area (Å²) in [5.74, 6) is 1.53. The standard InChI is InChI=1S/C15H17N5O2S/c16-10-12-1-2-17-13(9-12)18-3-5-19(6-4-18)14(21)11-20-7-8-23-15(20)22/h1-2,9H,3-8,11H2. The Morgan fingerprint density at radius 2 is 2.09 bits per heavy atom. The van der Waals surface area contributed by atoms with Gasteiger partial charge in [-0.15, -0.1) is 0 Å². The maximum atomic E-state index is 12.3. The van der Waals surface area contributed by atoms with Gasteiger partial charge in [0.1, 0.15) is 12.4 Å². The first-order chi connectivity index (χ1) is 11.2. The largest absolute Gasteiger partial charge is 0.353 e. The Kier molecular flexibility index (Phi) is 4.67. The van der Waals surface area contributed by atoms with E-state index in [0.717, 1.165) is 11.6 Å². The Balaban J connectivity index is 1.54. The number of rotatable bonds is 3. The van der Waals surface area contributed by atoms with Crippen molar-refractivity contribution < 1.29 is 9.59 Å². The van der Waals surface area contributed by atoms with Gasteiger partial charge in [0.05, 0.1) is 11.6 Å². The van der Waals surface area contributed by atoms with Crippen molar-refractivity contribution in [3.8, 4) is 6.07 Å². The molecule has 8 heteroatoms. The van der Waals surface area contributed by atoms with Crippen molar-refractivity contribution in [1.29, 1.82) is 5.26 Å². The minimum Gasteiger partial charge on any atom is -0.353 e. The van der Waals surface area contributed by atoms with Gasteiger partial charge in [-0.1, -0.05) is 11.8 Å². The van der Waals surface area contributed by atoms with Gasteiger partial charge in [0.2, 0.25) is 5.91 Å². The highest BCUT2D eigenvalue weighted by Gasteiger charge is 2.27. The average molecular weight is 331 g/mol. The molecule has 0 atom stereocenters. The number of pyridine rings is 1. The van der Waals surface area contributed by atoms with E-state index in [-0.39, 0.29) is 17.7 Å². The monoisotopic (exact) mass is 331 g/mol. The van der Waals surface area contributed by atoms with Crippen LogP contribution in [0.4, 0.5) is 10.6 Å². The average Bonchev–Trinajstić information content (AvgIpc) is 3.00. The number of carbonyl (C=O) groups is 2. The zero-order valence-electron chi connectivity index (χ0n) is 12.6. The van der Waals surface area contributed by atoms with E-state index in [0.29, 0.717) is 38.3 Å². The molecule has 3 rings (SSSR count). The topological polar surface area (TPSA) is 80.5 Å². The molecule has 2 aliphatic rings. The van der Waals surface area contributed by atoms with Crippen molar-refractivity contribution >= 4 is 28.7 Å². The van der Waals surface area contributed by atoms with Gasteiger partial charge in [-0.05, 0) is 12.1 Å². The number of anilines is 1. The molecule has 2 saturated heterocycles. The molecular weight excluding hydrogens is 314 g/mol. The number of aromatic nitrogens is 1. The summed E-state index contributed by atoms with van der Waals surface area (Å²) < 4.78 is 0. The van der Waals surface area contributed by atoms with Crippen molar-refractivity contribution in [3.63, 3.8) is 0 Å². The normalized spacial score (nSPS) is 18.2. The maximum Gasteiger partial charge on any atom is 0.282 e. The lowest BCUT2D eigenvalue weighted by Gasteiger charge is -2.36. The van der Waals surface area contributed by atoms with Crippen molar-refractivity contribution in [2.24, 2.45) is 0 Å². The molecule has 2 amide bonds. The molecule has 2 aliphatic heterocycles. The molecule has 0 N–H and O–H groups in total. The highest BCUT2D eigenvalue weighted by atomic mass is 32.2. The minimum atomic E-state index is -0.00509. The highest BCUT2D eigenvalue weighted by molar-refractivity contribution is 8.13. The van der Waals surface area contributed by atoms with Crippen molar-refractivity contribution in [3.05, 3.63) is 23.9 Å². The summed E-state index contributed by atoms with van der Waals surface area (Å²) in [6.45, 7) is 3.39. The van der Waals surface area contributed by atoms with Crippen LogP contribution in [0.15, 0.2) is 18.3 Å². The Bertz CT molecular complexity index is 652. The summed E-state index contributed by atoms with van der Waals surface area (Å²) in [6.07, 6.45) is 1.63. The Labute approximate surface area is 138 Å². The van der Waals surface area contributed by atoms with Gasteiger partial charge in [0.25, 0.3) is 5.24 Å². The molecule has 0 bridgehead atoms. The van der Waals surface area contributed by atoms with Crippen LogP contribution in [0.25, 0.3) is 0 Å². The lowest BCUT2D eigenvalue weighted by molar-refractivity contribution is -0.131. The number of nitrogens with zero attached hydrogens (tertiary/aromatic N) is 5. The smallest absolute Gasteiger partial charge is 0.282 e. The van der Waals surface area contributed by atoms with Crippen LogP contribution in [0, 0.1) is 11.3 Å². The number of amides is 2. The number of thioether (sulfide) groups is 1. The van der Waals surface area contributed by atoms with Gasteiger partial charge >= 0.3 is 0 Å². The first kappa shape index (κ1) is 15.6. The van der Waals surface area contributed by atoms with Crippen LogP contribution in [0.5, 0.6) is 0 Å². The summed E-state index contributed by atoms with van der Waals surface area (Å²) in [7, 11) is 0. The van der Waals surface area contributed by atoms with Crippen LogP contribution in [0.2, 0.25) is 0 Å². The van der Waals surface area contributed by atoms with Crippen molar-refractivity contribution in [2.45, 2.75) is 0 Å². The molecule has 23 heavy (non-hydrogen) atoms. The van der Waals surface area contributed by atoms with E-state index < -0.39 is 0 Å². The molecule has 7 nitrogen and oxygen atoms in total. The quantitative estimate of drug-likeness (QED) is 0.814. The summed E-state index contributed by atoms with van der Waals surface area (Å²) >= 11 is 1.27. The van der Waals surface area contributed by atoms with Crippen molar-refractivity contribution in [1.82, 2.24) is 14.8 Å². The Hall–Kier alpha value is -2.27. The van der Waals surface area contributed by atoms with Gasteiger partial charge in [-0.3, -0.25) is 9.59 Å². The van der Waals surface area contributed by atoms with Crippen LogP contribution in [0.3, 0.4) is 0 Å². The van der Waals surface area contributed by atoms with Crippen LogP contribution in [0.1, 0.15) is 5.56 Å². The van der Waals surface area contributed by atoms with Gasteiger partial charge in [-0.25, -0.2) is 4.98 Å². The SMILES string of the molecule is N#Cc1ccnc(N2CCN(C(=O)CN3CCSC3=O)CC2)c1. The fraction of sp³-hybridized carbons (Fsp3) is 0.467. The second-order valence-electron chi connectivity index (χ2n) is 5.42. The number of nitriles is 1. The third kappa shape index (κ3) is 3.56. The number of carbonyl (C=O) groups excluding carboxylic acids is 2. The first-order valence-electron chi connectivity index (χ1n) is 7.48. The van der Waals surface area contributed by atoms with E-state index in [1.54, 1.807) is 28.1 Å². The molecule has 0 unspecified atom stereocenters. The lowest BCUT2D eigenvalue weighted by Crippen LogP contribution is -2.51. The summed E-state index contributed by atoms with van der Waals surface area (Å²) in [4.78, 5) is 33.6. The third-order valence-corrected chi connectivity index (χ3v) is 4.89. The van der Waals surface area contributed by atoms with Crippen LogP contribution >= 0.6 is 11.8 Å². The Morgan fingerprint density at radius 1 is 1.30 bits per heavy atom. The minimum absolute atomic E-state index is 0.000709. The number of piperazine rings is 1. The highest BCUT2D eigenvalue weighted by Crippen LogP contribution is 2.18. The van der Waals surface area contributed by atoms with Crippen LogP contribution in [-0.2, 0) is 4.79 Å². The first-order valence-corrected chi connectivity index (χ1v) is 8.46. The summed E-state index contributed by atoms with van der Waals surface area (Å²) in [6, 6.07) is 5.54. The number of hydrogen-bond acceptors (Lipinski definition) is 6. The molecule has 3 heterocycles. The van der Waals surface area contributed by atoms with Crippen LogP contribution in [-0.4, -0.2) is 71.0 Å². The van der Waals surface area contributed by atoms with Gasteiger partial charge in [0.15, 0.2) is 0 Å². The molecule has 2 fully saturated rings. The third-order valence-electron chi connectivity index (χ3n) is 4.00. The van der Waals surface area contributed by atoms with Crippen LogP contribution < -0.4 is 4.90 Å². The zero-order valence-corrected chi connectivity index (χ0v) is 13.5. The fourth-order valence-electron chi connectivity index (χ4n) is 2.68. The predicted molar refractivity (Wildman–Crippen MR) is 87.2 cm³/mol. The van der Waals surface area contributed by atoms with Gasteiger partial charge < -0.3 is 14.7 Å². The second-order valence-corrected chi connectivity index (χ2v) is 6.46. The molecule has 0 spiro atoms. The summed E-state index contributed by atoms with van der Waals surface area (Å²) in [5.41, 5.74) is 0.582. The van der Waals surface area contributed by atoms with E-state index >= 15 is 0 Å². The zero-order chi connectivity index (χ0) is 16.2. The van der Waals surface area contributed by atoms with E-state index in [1.165, 1.54) is 11.8 Å². The predicted octanol–water partition coefficient (Wildman–Crippen LogP) is 0.771. The molecule has 120 valence electrons. The van der Waals surface area contributed by atoms with Crippen molar-refractivity contribution in [2.75, 3.05) is 49.9 Å². The molecule has 1 aromatic rings. The lowest BCUT2D eigenvalue weighted by atomic mass is 10.2. The number of hydrogen-bond donors (Lipinski definition) is 0. The van der Waals surface area contributed by atoms with E-state index in [1.807, 2.05) is 0 Å². The second kappa shape index (κ2) is 6.87. The van der Waals surface area contributed by atoms with E-state index in [9.17, 15) is 9.59 Å². The molecule has 0 aromatic carbocycles.